The van der Waals surface area contributed by atoms with Gasteiger partial charge in [0.15, 0.2) is 5.82 Å². The van der Waals surface area contributed by atoms with E-state index >= 15 is 0 Å². The van der Waals surface area contributed by atoms with Crippen LogP contribution in [-0.2, 0) is 5.41 Å². The first kappa shape index (κ1) is 23.7. The number of imidazole rings is 1. The van der Waals surface area contributed by atoms with Crippen molar-refractivity contribution in [2.75, 3.05) is 0 Å². The molecule has 44 heavy (non-hydrogen) atoms. The van der Waals surface area contributed by atoms with E-state index in [2.05, 4.69) is 126 Å². The van der Waals surface area contributed by atoms with Gasteiger partial charge in [-0.2, -0.15) is 0 Å². The average Bonchev–Trinajstić information content (AvgIpc) is 3.72. The van der Waals surface area contributed by atoms with E-state index in [1.54, 1.807) is 0 Å². The summed E-state index contributed by atoms with van der Waals surface area (Å²) in [6, 6.07) is 51.5. The Bertz CT molecular complexity index is 2410. The van der Waals surface area contributed by atoms with Gasteiger partial charge in [0.1, 0.15) is 11.2 Å². The largest absolute Gasteiger partial charge is 0.294 e. The lowest BCUT2D eigenvalue weighted by Gasteiger charge is -2.27. The number of benzene rings is 6. The number of hydrogen-bond acceptors (Lipinski definition) is 3. The molecule has 0 fully saturated rings. The highest BCUT2D eigenvalue weighted by Gasteiger charge is 2.54. The van der Waals surface area contributed by atoms with Crippen molar-refractivity contribution in [3.63, 3.8) is 0 Å². The van der Waals surface area contributed by atoms with Crippen LogP contribution in [0.5, 0.6) is 0 Å². The number of aromatic nitrogens is 4. The fourth-order valence-corrected chi connectivity index (χ4v) is 7.67. The molecule has 8 aromatic rings. The lowest BCUT2D eigenvalue weighted by Crippen LogP contribution is -2.27. The van der Waals surface area contributed by atoms with Gasteiger partial charge in [0, 0.05) is 16.5 Å². The van der Waals surface area contributed by atoms with Crippen LogP contribution in [0.1, 0.15) is 22.5 Å². The first-order valence-corrected chi connectivity index (χ1v) is 15.0. The van der Waals surface area contributed by atoms with Crippen molar-refractivity contribution in [2.45, 2.75) is 5.41 Å². The van der Waals surface area contributed by atoms with E-state index in [1.807, 2.05) is 24.3 Å². The third-order valence-corrected chi connectivity index (χ3v) is 9.40. The van der Waals surface area contributed by atoms with E-state index in [0.29, 0.717) is 0 Å². The highest BCUT2D eigenvalue weighted by molar-refractivity contribution is 5.99. The topological polar surface area (TPSA) is 43.6 Å². The molecule has 0 saturated heterocycles. The molecule has 0 radical (unpaired) electrons. The SMILES string of the molecule is c1ccc(-c2nc(-c3cccc4c3-n3c(nc5ccccc53)C43c4ccccc4-c4ccccc43)c3ccccc3n2)cc1. The zero-order valence-electron chi connectivity index (χ0n) is 23.6. The molecule has 0 bridgehead atoms. The second kappa shape index (κ2) is 8.59. The normalized spacial score (nSPS) is 13.6. The van der Waals surface area contributed by atoms with Gasteiger partial charge in [0.2, 0.25) is 0 Å². The molecule has 0 saturated carbocycles. The molecule has 6 aromatic carbocycles. The maximum absolute atomic E-state index is 5.43. The summed E-state index contributed by atoms with van der Waals surface area (Å²) in [4.78, 5) is 15.8. The van der Waals surface area contributed by atoms with E-state index in [-0.39, 0.29) is 0 Å². The van der Waals surface area contributed by atoms with Gasteiger partial charge in [-0.05, 0) is 46.0 Å². The first-order chi connectivity index (χ1) is 21.8. The standard InChI is InChI=1S/C40H24N4/c1-2-13-25(14-3-1)38-41-33-22-9-6-17-28(33)36(43-38)29-18-12-21-32-37(29)44-35-24-11-10-23-34(35)42-39(44)40(32)30-19-7-4-15-26(30)27-16-5-8-20-31(27)40/h1-24H. The van der Waals surface area contributed by atoms with Crippen molar-refractivity contribution in [1.82, 2.24) is 19.5 Å². The monoisotopic (exact) mass is 560 g/mol. The van der Waals surface area contributed by atoms with Crippen LogP contribution < -0.4 is 0 Å². The van der Waals surface area contributed by atoms with Crippen LogP contribution in [0.15, 0.2) is 146 Å². The van der Waals surface area contributed by atoms with Crippen LogP contribution in [0.3, 0.4) is 0 Å². The Morgan fingerprint density at radius 3 is 1.86 bits per heavy atom. The molecule has 0 N–H and O–H groups in total. The molecule has 1 aliphatic heterocycles. The van der Waals surface area contributed by atoms with E-state index in [0.717, 1.165) is 56.1 Å². The van der Waals surface area contributed by atoms with Crippen molar-refractivity contribution in [1.29, 1.82) is 0 Å². The second-order valence-electron chi connectivity index (χ2n) is 11.6. The molecule has 204 valence electrons. The first-order valence-electron chi connectivity index (χ1n) is 15.0. The maximum Gasteiger partial charge on any atom is 0.160 e. The summed E-state index contributed by atoms with van der Waals surface area (Å²) >= 11 is 0. The summed E-state index contributed by atoms with van der Waals surface area (Å²) in [5.41, 5.74) is 12.9. The van der Waals surface area contributed by atoms with Gasteiger partial charge in [-0.3, -0.25) is 4.57 Å². The van der Waals surface area contributed by atoms with Crippen LogP contribution in [0.2, 0.25) is 0 Å². The highest BCUT2D eigenvalue weighted by atomic mass is 15.1. The fraction of sp³-hybridized carbons (Fsp3) is 0.0250. The smallest absolute Gasteiger partial charge is 0.160 e. The number of fused-ring (bicyclic) bond motifs is 13. The van der Waals surface area contributed by atoms with Gasteiger partial charge in [-0.15, -0.1) is 0 Å². The predicted octanol–water partition coefficient (Wildman–Crippen LogP) is 8.98. The summed E-state index contributed by atoms with van der Waals surface area (Å²) in [5, 5.41) is 1.03. The van der Waals surface area contributed by atoms with Crippen LogP contribution in [0.4, 0.5) is 0 Å². The van der Waals surface area contributed by atoms with Gasteiger partial charge in [0.05, 0.1) is 27.9 Å². The number of para-hydroxylation sites is 4. The third-order valence-electron chi connectivity index (χ3n) is 9.40. The van der Waals surface area contributed by atoms with Gasteiger partial charge in [-0.1, -0.05) is 127 Å². The summed E-state index contributed by atoms with van der Waals surface area (Å²) in [6.07, 6.45) is 0. The summed E-state index contributed by atoms with van der Waals surface area (Å²) < 4.78 is 2.40. The molecule has 10 rings (SSSR count). The van der Waals surface area contributed by atoms with Crippen molar-refractivity contribution in [3.8, 4) is 39.5 Å². The summed E-state index contributed by atoms with van der Waals surface area (Å²) in [5.74, 6) is 1.75. The highest BCUT2D eigenvalue weighted by Crippen LogP contribution is 2.61. The summed E-state index contributed by atoms with van der Waals surface area (Å²) in [6.45, 7) is 0. The Morgan fingerprint density at radius 2 is 1.07 bits per heavy atom. The van der Waals surface area contributed by atoms with Gasteiger partial charge in [-0.25, -0.2) is 15.0 Å². The van der Waals surface area contributed by atoms with Crippen LogP contribution >= 0.6 is 0 Å². The van der Waals surface area contributed by atoms with Crippen molar-refractivity contribution in [3.05, 3.63) is 168 Å². The minimum absolute atomic E-state index is 0.553. The van der Waals surface area contributed by atoms with Gasteiger partial charge in [0.25, 0.3) is 0 Å². The molecule has 4 heteroatoms. The molecule has 1 aliphatic carbocycles. The van der Waals surface area contributed by atoms with E-state index < -0.39 is 5.41 Å². The zero-order chi connectivity index (χ0) is 28.8. The molecular weight excluding hydrogens is 536 g/mol. The Morgan fingerprint density at radius 1 is 0.455 bits per heavy atom. The second-order valence-corrected chi connectivity index (χ2v) is 11.6. The van der Waals surface area contributed by atoms with E-state index in [4.69, 9.17) is 15.0 Å². The van der Waals surface area contributed by atoms with Crippen LogP contribution in [0.25, 0.3) is 61.4 Å². The average molecular weight is 561 g/mol. The zero-order valence-corrected chi connectivity index (χ0v) is 23.6. The maximum atomic E-state index is 5.43. The van der Waals surface area contributed by atoms with Crippen LogP contribution in [-0.4, -0.2) is 19.5 Å². The molecule has 0 atom stereocenters. The van der Waals surface area contributed by atoms with Gasteiger partial charge < -0.3 is 0 Å². The Balaban J connectivity index is 1.38. The van der Waals surface area contributed by atoms with Gasteiger partial charge >= 0.3 is 0 Å². The van der Waals surface area contributed by atoms with Crippen molar-refractivity contribution in [2.24, 2.45) is 0 Å². The minimum Gasteiger partial charge on any atom is -0.294 e. The van der Waals surface area contributed by atoms with Crippen molar-refractivity contribution < 1.29 is 0 Å². The molecule has 2 aliphatic rings. The minimum atomic E-state index is -0.553. The van der Waals surface area contributed by atoms with Crippen molar-refractivity contribution >= 4 is 21.9 Å². The number of hydrogen-bond donors (Lipinski definition) is 0. The predicted molar refractivity (Wildman–Crippen MR) is 176 cm³/mol. The Kier molecular flexibility index (Phi) is 4.62. The number of nitrogens with zero attached hydrogens (tertiary/aromatic N) is 4. The summed E-state index contributed by atoms with van der Waals surface area (Å²) in [7, 11) is 0. The molecular formula is C40H24N4. The third kappa shape index (κ3) is 2.89. The Labute approximate surface area is 254 Å². The molecule has 1 spiro atoms. The quantitative estimate of drug-likeness (QED) is 0.212. The molecule has 4 nitrogen and oxygen atoms in total. The molecule has 0 amide bonds. The number of rotatable bonds is 2. The fourth-order valence-electron chi connectivity index (χ4n) is 7.67. The molecule has 2 aromatic heterocycles. The lowest BCUT2D eigenvalue weighted by atomic mass is 9.72. The molecule has 3 heterocycles. The van der Waals surface area contributed by atoms with Crippen LogP contribution in [0, 0.1) is 0 Å². The van der Waals surface area contributed by atoms with E-state index in [9.17, 15) is 0 Å². The lowest BCUT2D eigenvalue weighted by molar-refractivity contribution is 0.738. The molecule has 0 unspecified atom stereocenters. The van der Waals surface area contributed by atoms with E-state index in [1.165, 1.54) is 27.8 Å². The Hall–Kier alpha value is -5.87.